The van der Waals surface area contributed by atoms with Crippen molar-refractivity contribution in [1.29, 1.82) is 0 Å². The van der Waals surface area contributed by atoms with Crippen molar-refractivity contribution in [2.75, 3.05) is 14.2 Å². The molecule has 8 heteroatoms. The predicted molar refractivity (Wildman–Crippen MR) is 134 cm³/mol. The molecular weight excluding hydrogens is 506 g/mol. The first-order valence-corrected chi connectivity index (χ1v) is 11.2. The average Bonchev–Trinajstić information content (AvgIpc) is 3.39. The number of fused-ring (bicyclic) bond motifs is 1. The largest absolute Gasteiger partial charge is 0.497 e. The van der Waals surface area contributed by atoms with Crippen molar-refractivity contribution in [2.24, 2.45) is 0 Å². The standard InChI is InChI=1S/C25H19BrClN3O3/c1-32-18-11-12-20(33-2)19(13-18)24-21-22(14-3-5-15(26)6-4-14)28-29-23(21)25(31)30(24)17-9-7-16(27)8-10-17/h3-13,29,31H,1-2H3. The highest BCUT2D eigenvalue weighted by molar-refractivity contribution is 9.10. The van der Waals surface area contributed by atoms with Gasteiger partial charge in [-0.05, 0) is 54.6 Å². The van der Waals surface area contributed by atoms with Crippen LogP contribution in [0.1, 0.15) is 0 Å². The summed E-state index contributed by atoms with van der Waals surface area (Å²) in [5, 5.41) is 20.3. The summed E-state index contributed by atoms with van der Waals surface area (Å²) in [6.45, 7) is 0. The molecule has 0 amide bonds. The SMILES string of the molecule is COc1ccc(OC)c(-c2c3c(-c4ccc(Br)cc4)n[nH]c3c(O)n2-c2ccc(Cl)cc2)c1. The second-order valence-electron chi connectivity index (χ2n) is 7.38. The number of benzene rings is 3. The van der Waals surface area contributed by atoms with Crippen LogP contribution in [0.2, 0.25) is 5.02 Å². The summed E-state index contributed by atoms with van der Waals surface area (Å²) in [6.07, 6.45) is 0. The fourth-order valence-electron chi connectivity index (χ4n) is 3.98. The van der Waals surface area contributed by atoms with Gasteiger partial charge in [0.1, 0.15) is 22.7 Å². The number of aromatic nitrogens is 3. The number of rotatable bonds is 5. The summed E-state index contributed by atoms with van der Waals surface area (Å²) in [7, 11) is 3.23. The molecule has 0 fully saturated rings. The van der Waals surface area contributed by atoms with Crippen molar-refractivity contribution < 1.29 is 14.6 Å². The van der Waals surface area contributed by atoms with E-state index in [0.717, 1.165) is 26.7 Å². The highest BCUT2D eigenvalue weighted by Gasteiger charge is 2.27. The molecule has 0 aliphatic carbocycles. The van der Waals surface area contributed by atoms with Crippen LogP contribution in [0, 0.1) is 0 Å². The molecule has 2 heterocycles. The molecule has 0 spiro atoms. The Bertz CT molecular complexity index is 1460. The number of methoxy groups -OCH3 is 2. The van der Waals surface area contributed by atoms with Gasteiger partial charge in [-0.25, -0.2) is 0 Å². The number of halogens is 2. The molecule has 0 saturated carbocycles. The molecule has 2 N–H and O–H groups in total. The van der Waals surface area contributed by atoms with Crippen LogP contribution in [0.4, 0.5) is 0 Å². The lowest BCUT2D eigenvalue weighted by Crippen LogP contribution is -1.99. The van der Waals surface area contributed by atoms with E-state index in [1.54, 1.807) is 30.9 Å². The highest BCUT2D eigenvalue weighted by atomic mass is 79.9. The van der Waals surface area contributed by atoms with E-state index in [0.29, 0.717) is 33.4 Å². The Hall–Kier alpha value is -3.42. The zero-order valence-corrected chi connectivity index (χ0v) is 20.1. The number of hydrogen-bond donors (Lipinski definition) is 2. The molecule has 5 rings (SSSR count). The Balaban J connectivity index is 1.91. The molecule has 0 aliphatic rings. The molecule has 0 radical (unpaired) electrons. The van der Waals surface area contributed by atoms with Crippen molar-refractivity contribution in [3.05, 3.63) is 76.2 Å². The molecule has 0 aliphatic heterocycles. The zero-order chi connectivity index (χ0) is 23.1. The van der Waals surface area contributed by atoms with Gasteiger partial charge in [0.25, 0.3) is 0 Å². The van der Waals surface area contributed by atoms with E-state index in [2.05, 4.69) is 26.1 Å². The molecule has 2 aromatic heterocycles. The number of aromatic amines is 1. The smallest absolute Gasteiger partial charge is 0.222 e. The number of hydrogen-bond acceptors (Lipinski definition) is 4. The first kappa shape index (κ1) is 21.4. The number of ether oxygens (including phenoxy) is 2. The van der Waals surface area contributed by atoms with Crippen LogP contribution in [0.25, 0.3) is 39.1 Å². The third-order valence-corrected chi connectivity index (χ3v) is 6.31. The van der Waals surface area contributed by atoms with Crippen LogP contribution < -0.4 is 9.47 Å². The molecule has 0 bridgehead atoms. The van der Waals surface area contributed by atoms with Crippen molar-refractivity contribution >= 4 is 38.4 Å². The first-order valence-electron chi connectivity index (χ1n) is 10.1. The van der Waals surface area contributed by atoms with Crippen molar-refractivity contribution in [1.82, 2.24) is 14.8 Å². The summed E-state index contributed by atoms with van der Waals surface area (Å²) < 4.78 is 13.9. The number of aromatic hydroxyl groups is 1. The topological polar surface area (TPSA) is 72.3 Å². The van der Waals surface area contributed by atoms with Crippen LogP contribution in [-0.4, -0.2) is 34.1 Å². The van der Waals surface area contributed by atoms with Crippen LogP contribution in [0.3, 0.4) is 0 Å². The van der Waals surface area contributed by atoms with Gasteiger partial charge in [0.05, 0.1) is 25.3 Å². The van der Waals surface area contributed by atoms with Gasteiger partial charge in [-0.2, -0.15) is 5.10 Å². The minimum Gasteiger partial charge on any atom is -0.497 e. The van der Waals surface area contributed by atoms with Crippen LogP contribution in [0.5, 0.6) is 17.4 Å². The van der Waals surface area contributed by atoms with E-state index >= 15 is 0 Å². The van der Waals surface area contributed by atoms with Crippen molar-refractivity contribution in [3.8, 4) is 45.6 Å². The normalized spacial score (nSPS) is 11.2. The lowest BCUT2D eigenvalue weighted by Gasteiger charge is -2.15. The van der Waals surface area contributed by atoms with Gasteiger partial charge in [-0.1, -0.05) is 39.7 Å². The molecule has 3 aromatic carbocycles. The Kier molecular flexibility index (Phi) is 5.52. The number of nitrogens with one attached hydrogen (secondary N) is 1. The first-order chi connectivity index (χ1) is 16.0. The maximum absolute atomic E-state index is 11.3. The average molecular weight is 525 g/mol. The molecule has 0 atom stereocenters. The van der Waals surface area contributed by atoms with Crippen molar-refractivity contribution in [2.45, 2.75) is 0 Å². The molecule has 6 nitrogen and oxygen atoms in total. The quantitative estimate of drug-likeness (QED) is 0.264. The van der Waals surface area contributed by atoms with Crippen LogP contribution in [0.15, 0.2) is 71.2 Å². The van der Waals surface area contributed by atoms with E-state index in [9.17, 15) is 5.11 Å². The Morgan fingerprint density at radius 1 is 0.970 bits per heavy atom. The van der Waals surface area contributed by atoms with Crippen molar-refractivity contribution in [3.63, 3.8) is 0 Å². The predicted octanol–water partition coefficient (Wildman–Crippen LogP) is 6.83. The Morgan fingerprint density at radius 2 is 1.70 bits per heavy atom. The number of H-pyrrole nitrogens is 1. The van der Waals surface area contributed by atoms with Crippen LogP contribution >= 0.6 is 27.5 Å². The van der Waals surface area contributed by atoms with E-state index < -0.39 is 0 Å². The van der Waals surface area contributed by atoms with Gasteiger partial charge in [0.2, 0.25) is 5.88 Å². The van der Waals surface area contributed by atoms with E-state index in [4.69, 9.17) is 21.1 Å². The Morgan fingerprint density at radius 3 is 2.36 bits per heavy atom. The van der Waals surface area contributed by atoms with E-state index in [-0.39, 0.29) is 5.88 Å². The molecule has 166 valence electrons. The minimum atomic E-state index is 0.0306. The molecular formula is C25H19BrClN3O3. The van der Waals surface area contributed by atoms with Gasteiger partial charge >= 0.3 is 0 Å². The second kappa shape index (κ2) is 8.50. The highest BCUT2D eigenvalue weighted by Crippen LogP contribution is 2.47. The summed E-state index contributed by atoms with van der Waals surface area (Å²) >= 11 is 9.61. The Labute approximate surface area is 203 Å². The van der Waals surface area contributed by atoms with Gasteiger partial charge in [-0.3, -0.25) is 9.67 Å². The van der Waals surface area contributed by atoms with Gasteiger partial charge in [0.15, 0.2) is 0 Å². The van der Waals surface area contributed by atoms with Crippen LogP contribution in [-0.2, 0) is 0 Å². The van der Waals surface area contributed by atoms with Gasteiger partial charge < -0.3 is 14.6 Å². The third kappa shape index (κ3) is 3.63. The lowest BCUT2D eigenvalue weighted by atomic mass is 10.0. The summed E-state index contributed by atoms with van der Waals surface area (Å²) in [5.41, 5.74) is 4.33. The fraction of sp³-hybridized carbons (Fsp3) is 0.0800. The summed E-state index contributed by atoms with van der Waals surface area (Å²) in [6, 6.07) is 20.7. The zero-order valence-electron chi connectivity index (χ0n) is 17.8. The van der Waals surface area contributed by atoms with Gasteiger partial charge in [-0.15, -0.1) is 0 Å². The second-order valence-corrected chi connectivity index (χ2v) is 8.73. The maximum atomic E-state index is 11.3. The fourth-order valence-corrected chi connectivity index (χ4v) is 4.37. The van der Waals surface area contributed by atoms with E-state index in [1.807, 2.05) is 54.6 Å². The number of nitrogens with zero attached hydrogens (tertiary/aromatic N) is 2. The van der Waals surface area contributed by atoms with Gasteiger partial charge in [0, 0.05) is 26.3 Å². The maximum Gasteiger partial charge on any atom is 0.222 e. The summed E-state index contributed by atoms with van der Waals surface area (Å²) in [5.74, 6) is 1.33. The molecule has 33 heavy (non-hydrogen) atoms. The lowest BCUT2D eigenvalue weighted by molar-refractivity contribution is 0.404. The minimum absolute atomic E-state index is 0.0306. The molecule has 0 saturated heterocycles. The van der Waals surface area contributed by atoms with E-state index in [1.165, 1.54) is 0 Å². The summed E-state index contributed by atoms with van der Waals surface area (Å²) in [4.78, 5) is 0. The molecule has 0 unspecified atom stereocenters. The third-order valence-electron chi connectivity index (χ3n) is 5.53. The monoisotopic (exact) mass is 523 g/mol. The molecule has 5 aromatic rings.